The third-order valence-corrected chi connectivity index (χ3v) is 15.8. The van der Waals surface area contributed by atoms with E-state index in [0.29, 0.717) is 23.4 Å². The minimum Gasteiger partial charge on any atom is -0.480 e. The summed E-state index contributed by atoms with van der Waals surface area (Å²) in [6, 6.07) is -5.04. The Morgan fingerprint density at radius 3 is 2.10 bits per heavy atom. The molecule has 34 heteroatoms. The van der Waals surface area contributed by atoms with Crippen molar-refractivity contribution < 1.29 is 63.3 Å². The molecule has 22 N–H and O–H groups in total. The number of nitrogens with zero attached hydrogens (tertiary/aromatic N) is 7. The number of carboxylic acid groups (broad SMARTS) is 1. The van der Waals surface area contributed by atoms with Crippen LogP contribution < -0.4 is 71.6 Å². The molecule has 1 aromatic carbocycles. The average Bonchev–Trinajstić information content (AvgIpc) is 4.24. The first-order valence-electron chi connectivity index (χ1n) is 26.3. The average molecular weight is 1190 g/mol. The molecular formula is C48H75N19O13S2. The largest absolute Gasteiger partial charge is 0.480 e. The fourth-order valence-corrected chi connectivity index (χ4v) is 11.8. The SMILES string of the molecule is Cc1ccc2c(c1)SC[C@H](NC(=O)[C@H](CO)NC(=O)[C@@H]1CSCN1C(=O)CNC(=O)[C@@H]1CC(O)CN1C(=O)[C@@H]1CCCN1C(=O)[C@H](CCN=C(N)N)NC(=O)[C@H](N)CCCN=C(N)N)C(=O)N2CC(=O)N[C@@H](CCCN=C(N)N)C(=O)O. The highest BCUT2D eigenvalue weighted by molar-refractivity contribution is 7.99. The summed E-state index contributed by atoms with van der Waals surface area (Å²) < 4.78 is 0. The maximum atomic E-state index is 14.3. The Balaban J connectivity index is 1.19. The van der Waals surface area contributed by atoms with E-state index < -0.39 is 133 Å². The molecule has 0 saturated carbocycles. The van der Waals surface area contributed by atoms with E-state index in [1.165, 1.54) is 28.4 Å². The van der Waals surface area contributed by atoms with Gasteiger partial charge in [-0.3, -0.25) is 58.1 Å². The van der Waals surface area contributed by atoms with Crippen LogP contribution >= 0.6 is 23.5 Å². The summed E-state index contributed by atoms with van der Waals surface area (Å²) in [7, 11) is 0. The summed E-state index contributed by atoms with van der Waals surface area (Å²) in [5.74, 6) is -8.77. The van der Waals surface area contributed by atoms with Crippen LogP contribution in [0.5, 0.6) is 0 Å². The molecule has 9 atom stereocenters. The lowest BCUT2D eigenvalue weighted by atomic mass is 10.1. The van der Waals surface area contributed by atoms with Crippen LogP contribution in [0.15, 0.2) is 38.1 Å². The van der Waals surface area contributed by atoms with E-state index in [-0.39, 0.29) is 107 Å². The lowest BCUT2D eigenvalue weighted by Crippen LogP contribution is -2.59. The van der Waals surface area contributed by atoms with Gasteiger partial charge in [0.05, 0.1) is 36.9 Å². The van der Waals surface area contributed by atoms with Gasteiger partial charge < -0.3 is 102 Å². The summed E-state index contributed by atoms with van der Waals surface area (Å²) in [5, 5.41) is 43.5. The summed E-state index contributed by atoms with van der Waals surface area (Å²) in [6.45, 7) is -0.318. The molecule has 82 heavy (non-hydrogen) atoms. The van der Waals surface area contributed by atoms with E-state index in [2.05, 4.69) is 41.6 Å². The number of hydrogen-bond acceptors (Lipinski definition) is 18. The number of nitrogens with one attached hydrogen (secondary N) is 5. The van der Waals surface area contributed by atoms with Crippen molar-refractivity contribution in [3.8, 4) is 0 Å². The number of aliphatic carboxylic acids is 1. The second kappa shape index (κ2) is 30.9. The molecule has 4 heterocycles. The number of amides is 9. The van der Waals surface area contributed by atoms with Gasteiger partial charge in [0.1, 0.15) is 48.8 Å². The van der Waals surface area contributed by atoms with E-state index >= 15 is 0 Å². The van der Waals surface area contributed by atoms with Gasteiger partial charge in [0.15, 0.2) is 17.9 Å². The van der Waals surface area contributed by atoms with Crippen LogP contribution in [0.3, 0.4) is 0 Å². The number of benzene rings is 1. The van der Waals surface area contributed by atoms with Gasteiger partial charge in [-0.1, -0.05) is 6.07 Å². The van der Waals surface area contributed by atoms with Crippen LogP contribution in [0, 0.1) is 6.92 Å². The maximum absolute atomic E-state index is 14.3. The monoisotopic (exact) mass is 1190 g/mol. The van der Waals surface area contributed by atoms with Crippen LogP contribution in [-0.2, 0) is 47.9 Å². The number of aliphatic hydroxyl groups excluding tert-OH is 2. The topological polar surface area (TPSA) is 524 Å². The zero-order valence-corrected chi connectivity index (χ0v) is 46.9. The first-order chi connectivity index (χ1) is 38.9. The molecule has 0 radical (unpaired) electrons. The third-order valence-electron chi connectivity index (χ3n) is 13.6. The molecule has 5 rings (SSSR count). The van der Waals surface area contributed by atoms with Crippen molar-refractivity contribution in [1.29, 1.82) is 0 Å². The van der Waals surface area contributed by atoms with Crippen LogP contribution in [0.25, 0.3) is 0 Å². The van der Waals surface area contributed by atoms with Gasteiger partial charge in [-0.2, -0.15) is 0 Å². The molecule has 452 valence electrons. The predicted octanol–water partition coefficient (Wildman–Crippen LogP) is -7.48. The number of β-amino-alcohol motifs (C(OH)–C–C–N with tert-alkyl or cyclic N) is 1. The van der Waals surface area contributed by atoms with Gasteiger partial charge in [-0.05, 0) is 69.6 Å². The Hall–Kier alpha value is -7.69. The van der Waals surface area contributed by atoms with E-state index in [9.17, 15) is 63.3 Å². The van der Waals surface area contributed by atoms with E-state index in [4.69, 9.17) is 40.1 Å². The number of rotatable bonds is 27. The number of hydrogen-bond donors (Lipinski definition) is 15. The predicted molar refractivity (Wildman–Crippen MR) is 302 cm³/mol. The fraction of sp³-hybridized carbons (Fsp3) is 0.604. The van der Waals surface area contributed by atoms with E-state index in [0.717, 1.165) is 20.3 Å². The van der Waals surface area contributed by atoms with Gasteiger partial charge in [0.25, 0.3) is 5.91 Å². The number of likely N-dealkylation sites (tertiary alicyclic amines) is 2. The highest BCUT2D eigenvalue weighted by Gasteiger charge is 2.46. The van der Waals surface area contributed by atoms with Crippen molar-refractivity contribution in [3.05, 3.63) is 23.8 Å². The van der Waals surface area contributed by atoms with Gasteiger partial charge in [0.2, 0.25) is 47.3 Å². The van der Waals surface area contributed by atoms with Crippen LogP contribution in [0.1, 0.15) is 56.9 Å². The zero-order valence-electron chi connectivity index (χ0n) is 45.3. The van der Waals surface area contributed by atoms with Crippen molar-refractivity contribution in [2.75, 3.05) is 74.7 Å². The standard InChI is InChI=1S/C48H75N19O13S2/c1-24-8-9-31-35(15-24)82-21-30(43(77)66(31)19-36(70)60-28(45(79)80)6-3-12-57-47(52)53)63-39(73)29(20-68)62-41(75)34-22-81-23-67(34)37(71)17-59-40(74)33-16-25(69)18-65(33)44(78)32-7-4-14-64(32)42(76)27(10-13-58-48(54)55)61-38(72)26(49)5-2-11-56-46(50)51/h8-9,15,25-30,32-34,68-69H,2-7,10-14,16-23,49H2,1H3,(H,59,74)(H,60,70)(H,61,72)(H,62,75)(H,63,73)(H,79,80)(H4,50,51,56)(H4,52,53,57)(H4,54,55,58)/t25?,26-,27+,28+,29+,30+,32+,33+,34+/m1/s1. The number of aliphatic hydroxyl groups is 2. The molecule has 32 nitrogen and oxygen atoms in total. The number of guanidine groups is 3. The van der Waals surface area contributed by atoms with Gasteiger partial charge >= 0.3 is 5.97 Å². The zero-order chi connectivity index (χ0) is 60.4. The summed E-state index contributed by atoms with van der Waals surface area (Å²) in [4.78, 5) is 153. The van der Waals surface area contributed by atoms with E-state index in [1.807, 2.05) is 6.92 Å². The van der Waals surface area contributed by atoms with Crippen molar-refractivity contribution in [3.63, 3.8) is 0 Å². The Bertz CT molecular complexity index is 2620. The number of anilines is 1. The summed E-state index contributed by atoms with van der Waals surface area (Å²) in [5.41, 5.74) is 39.6. The lowest BCUT2D eigenvalue weighted by molar-refractivity contribution is -0.148. The van der Waals surface area contributed by atoms with Crippen LogP contribution in [0.2, 0.25) is 0 Å². The molecule has 0 spiro atoms. The smallest absolute Gasteiger partial charge is 0.326 e. The fourth-order valence-electron chi connectivity index (χ4n) is 9.44. The Morgan fingerprint density at radius 1 is 0.768 bits per heavy atom. The molecule has 0 aromatic heterocycles. The lowest BCUT2D eigenvalue weighted by Gasteiger charge is -2.33. The second-order valence-corrected chi connectivity index (χ2v) is 21.9. The van der Waals surface area contributed by atoms with Crippen molar-refractivity contribution in [2.45, 2.75) is 118 Å². The molecule has 4 aliphatic rings. The second-order valence-electron chi connectivity index (χ2n) is 19.8. The number of aryl methyl sites for hydroxylation is 1. The molecule has 4 aliphatic heterocycles. The molecule has 3 saturated heterocycles. The van der Waals surface area contributed by atoms with Crippen LogP contribution in [-0.4, -0.2) is 231 Å². The van der Waals surface area contributed by atoms with Crippen LogP contribution in [0.4, 0.5) is 5.69 Å². The third kappa shape index (κ3) is 18.4. The number of carboxylic acids is 1. The van der Waals surface area contributed by atoms with Gasteiger partial charge in [-0.25, -0.2) is 4.79 Å². The number of carbonyl (C=O) groups excluding carboxylic acids is 9. The minimum absolute atomic E-state index is 0.0116. The highest BCUT2D eigenvalue weighted by Crippen LogP contribution is 2.35. The summed E-state index contributed by atoms with van der Waals surface area (Å²) in [6.07, 6.45) is -0.126. The molecular weight excluding hydrogens is 1110 g/mol. The molecule has 0 bridgehead atoms. The van der Waals surface area contributed by atoms with Crippen molar-refractivity contribution in [1.82, 2.24) is 41.3 Å². The number of thioether (sulfide) groups is 2. The first-order valence-corrected chi connectivity index (χ1v) is 28.5. The number of carbonyl (C=O) groups is 10. The normalized spacial score (nSPS) is 20.9. The van der Waals surface area contributed by atoms with Crippen molar-refractivity contribution in [2.24, 2.45) is 55.1 Å². The van der Waals surface area contributed by atoms with Crippen molar-refractivity contribution >= 4 is 106 Å². The molecule has 0 aliphatic carbocycles. The first kappa shape index (κ1) is 65.1. The highest BCUT2D eigenvalue weighted by atomic mass is 32.2. The quantitative estimate of drug-likeness (QED) is 0.0221. The maximum Gasteiger partial charge on any atom is 0.326 e. The molecule has 1 aromatic rings. The number of aliphatic imine (C=N–C) groups is 3. The Kier molecular flexibility index (Phi) is 24.6. The summed E-state index contributed by atoms with van der Waals surface area (Å²) >= 11 is 2.38. The number of nitrogens with two attached hydrogens (primary N) is 7. The van der Waals surface area contributed by atoms with Gasteiger partial charge in [0, 0.05) is 55.5 Å². The van der Waals surface area contributed by atoms with E-state index in [1.54, 1.807) is 18.2 Å². The molecule has 3 fully saturated rings. The Morgan fingerprint density at radius 2 is 1.44 bits per heavy atom. The number of fused-ring (bicyclic) bond motifs is 1. The van der Waals surface area contributed by atoms with Gasteiger partial charge in [-0.15, -0.1) is 23.5 Å². The minimum atomic E-state index is -1.64. The Labute approximate surface area is 480 Å². The molecule has 1 unspecified atom stereocenters. The molecule has 9 amide bonds.